The van der Waals surface area contributed by atoms with Crippen molar-refractivity contribution in [2.75, 3.05) is 12.3 Å². The van der Waals surface area contributed by atoms with Crippen LogP contribution in [-0.2, 0) is 21.2 Å². The summed E-state index contributed by atoms with van der Waals surface area (Å²) in [6.45, 7) is 8.29. The van der Waals surface area contributed by atoms with Crippen LogP contribution in [0, 0.1) is 30.6 Å². The molecule has 2 aliphatic carbocycles. The van der Waals surface area contributed by atoms with Crippen LogP contribution in [0.1, 0.15) is 50.1 Å². The number of sulfonamides is 1. The monoisotopic (exact) mass is 353 g/mol. The molecule has 0 amide bonds. The second-order valence-corrected chi connectivity index (χ2v) is 9.79. The molecule has 1 aromatic rings. The van der Waals surface area contributed by atoms with Crippen molar-refractivity contribution in [1.82, 2.24) is 14.9 Å². The van der Waals surface area contributed by atoms with Crippen molar-refractivity contribution in [3.05, 3.63) is 17.0 Å². The summed E-state index contributed by atoms with van der Waals surface area (Å²) in [5.41, 5.74) is 1.99. The SMILES string of the molecule is Cc1n[nH]c(C)c1CCNS(=O)(=O)C[C@]12CC[C@H](CC1=O)C2(C)C. The molecule has 1 heterocycles. The number of carbonyl (C=O) groups excluding carboxylic acids is 1. The van der Waals surface area contributed by atoms with Gasteiger partial charge in [0, 0.05) is 24.1 Å². The minimum Gasteiger partial charge on any atom is -0.299 e. The van der Waals surface area contributed by atoms with Crippen LogP contribution in [-0.4, -0.2) is 36.7 Å². The van der Waals surface area contributed by atoms with Crippen LogP contribution in [0.3, 0.4) is 0 Å². The molecule has 6 nitrogen and oxygen atoms in total. The predicted molar refractivity (Wildman–Crippen MR) is 92.1 cm³/mol. The molecular formula is C17H27N3O3S. The Labute approximate surface area is 143 Å². The van der Waals surface area contributed by atoms with E-state index in [1.807, 2.05) is 13.8 Å². The second-order valence-electron chi connectivity index (χ2n) is 7.98. The molecule has 2 bridgehead atoms. The lowest BCUT2D eigenvalue weighted by molar-refractivity contribution is -0.128. The maximum absolute atomic E-state index is 12.6. The fourth-order valence-electron chi connectivity index (χ4n) is 4.76. The van der Waals surface area contributed by atoms with Crippen molar-refractivity contribution >= 4 is 15.8 Å². The van der Waals surface area contributed by atoms with E-state index < -0.39 is 15.4 Å². The number of Topliss-reactive ketones (excluding diaryl/α,β-unsaturated/α-hetero) is 1. The first kappa shape index (κ1) is 17.6. The van der Waals surface area contributed by atoms with Gasteiger partial charge in [-0.15, -0.1) is 0 Å². The van der Waals surface area contributed by atoms with Crippen LogP contribution in [0.2, 0.25) is 0 Å². The van der Waals surface area contributed by atoms with Gasteiger partial charge in [0.15, 0.2) is 0 Å². The fourth-order valence-corrected chi connectivity index (χ4v) is 6.60. The number of hydrogen-bond acceptors (Lipinski definition) is 4. The topological polar surface area (TPSA) is 91.9 Å². The van der Waals surface area contributed by atoms with E-state index in [-0.39, 0.29) is 17.0 Å². The van der Waals surface area contributed by atoms with Crippen LogP contribution < -0.4 is 4.72 Å². The molecule has 2 fully saturated rings. The van der Waals surface area contributed by atoms with Crippen LogP contribution in [0.4, 0.5) is 0 Å². The van der Waals surface area contributed by atoms with Gasteiger partial charge in [0.25, 0.3) is 0 Å². The highest BCUT2D eigenvalue weighted by Crippen LogP contribution is 2.64. The quantitative estimate of drug-likeness (QED) is 0.817. The third-order valence-corrected chi connectivity index (χ3v) is 8.07. The van der Waals surface area contributed by atoms with Crippen molar-refractivity contribution in [3.8, 4) is 0 Å². The van der Waals surface area contributed by atoms with Crippen molar-refractivity contribution in [1.29, 1.82) is 0 Å². The molecular weight excluding hydrogens is 326 g/mol. The normalized spacial score (nSPS) is 28.7. The molecule has 0 spiro atoms. The molecule has 2 aliphatic rings. The van der Waals surface area contributed by atoms with Gasteiger partial charge in [0.05, 0.1) is 11.4 Å². The van der Waals surface area contributed by atoms with Gasteiger partial charge in [0.1, 0.15) is 5.78 Å². The third-order valence-electron chi connectivity index (χ3n) is 6.55. The highest BCUT2D eigenvalue weighted by molar-refractivity contribution is 7.89. The Morgan fingerprint density at radius 3 is 2.54 bits per heavy atom. The van der Waals surface area contributed by atoms with Gasteiger partial charge in [-0.1, -0.05) is 13.8 Å². The number of carbonyl (C=O) groups is 1. The predicted octanol–water partition coefficient (Wildman–Crippen LogP) is 1.88. The molecule has 3 rings (SSSR count). The van der Waals surface area contributed by atoms with Crippen molar-refractivity contribution in [2.45, 2.75) is 53.4 Å². The van der Waals surface area contributed by atoms with Gasteiger partial charge < -0.3 is 0 Å². The number of aromatic nitrogens is 2. The average molecular weight is 353 g/mol. The average Bonchev–Trinajstić information content (AvgIpc) is 2.98. The largest absolute Gasteiger partial charge is 0.299 e. The van der Waals surface area contributed by atoms with Crippen molar-refractivity contribution in [3.63, 3.8) is 0 Å². The van der Waals surface area contributed by atoms with E-state index in [2.05, 4.69) is 28.8 Å². The fraction of sp³-hybridized carbons (Fsp3) is 0.765. The molecule has 1 aromatic heterocycles. The number of nitrogens with one attached hydrogen (secondary N) is 2. The number of rotatable bonds is 6. The van der Waals surface area contributed by atoms with E-state index in [4.69, 9.17) is 0 Å². The maximum atomic E-state index is 12.6. The minimum atomic E-state index is -3.49. The highest BCUT2D eigenvalue weighted by atomic mass is 32.2. The lowest BCUT2D eigenvalue weighted by atomic mass is 9.70. The summed E-state index contributed by atoms with van der Waals surface area (Å²) < 4.78 is 27.9. The van der Waals surface area contributed by atoms with Gasteiger partial charge in [-0.25, -0.2) is 13.1 Å². The molecule has 134 valence electrons. The van der Waals surface area contributed by atoms with Crippen LogP contribution in [0.15, 0.2) is 0 Å². The number of hydrogen-bond donors (Lipinski definition) is 2. The van der Waals surface area contributed by atoms with E-state index in [0.717, 1.165) is 23.4 Å². The van der Waals surface area contributed by atoms with Gasteiger partial charge in [0.2, 0.25) is 10.0 Å². The summed E-state index contributed by atoms with van der Waals surface area (Å²) in [7, 11) is -3.49. The zero-order chi connectivity index (χ0) is 17.8. The van der Waals surface area contributed by atoms with E-state index in [9.17, 15) is 13.2 Å². The van der Waals surface area contributed by atoms with E-state index in [0.29, 0.717) is 31.7 Å². The second kappa shape index (κ2) is 5.66. The maximum Gasteiger partial charge on any atom is 0.212 e. The van der Waals surface area contributed by atoms with Crippen LogP contribution >= 0.6 is 0 Å². The third kappa shape index (κ3) is 2.62. The Kier molecular flexibility index (Phi) is 4.15. The highest BCUT2D eigenvalue weighted by Gasteiger charge is 2.65. The molecule has 2 atom stereocenters. The number of fused-ring (bicyclic) bond motifs is 2. The van der Waals surface area contributed by atoms with Gasteiger partial charge in [-0.3, -0.25) is 9.89 Å². The van der Waals surface area contributed by atoms with Crippen molar-refractivity contribution in [2.24, 2.45) is 16.7 Å². The van der Waals surface area contributed by atoms with E-state index >= 15 is 0 Å². The first-order valence-corrected chi connectivity index (χ1v) is 10.3. The first-order valence-electron chi connectivity index (χ1n) is 8.60. The number of nitrogens with zero attached hydrogens (tertiary/aromatic N) is 1. The molecule has 0 unspecified atom stereocenters. The van der Waals surface area contributed by atoms with Crippen LogP contribution in [0.25, 0.3) is 0 Å². The standard InChI is InChI=1S/C17H27N3O3S/c1-11-14(12(2)20-19-11)6-8-18-24(22,23)10-17-7-5-13(9-15(17)21)16(17,3)4/h13,18H,5-10H2,1-4H3,(H,19,20)/t13-,17-/m1/s1. The Bertz CT molecular complexity index is 747. The van der Waals surface area contributed by atoms with E-state index in [1.165, 1.54) is 0 Å². The molecule has 0 radical (unpaired) electrons. The Balaban J connectivity index is 1.67. The van der Waals surface area contributed by atoms with Gasteiger partial charge in [-0.05, 0) is 50.0 Å². The van der Waals surface area contributed by atoms with Crippen molar-refractivity contribution < 1.29 is 13.2 Å². The lowest BCUT2D eigenvalue weighted by Crippen LogP contribution is -2.45. The minimum absolute atomic E-state index is 0.0777. The Hall–Kier alpha value is -1.21. The summed E-state index contributed by atoms with van der Waals surface area (Å²) in [5.74, 6) is 0.387. The van der Waals surface area contributed by atoms with Gasteiger partial charge in [-0.2, -0.15) is 5.10 Å². The Morgan fingerprint density at radius 2 is 2.04 bits per heavy atom. The smallest absolute Gasteiger partial charge is 0.212 e. The zero-order valence-corrected chi connectivity index (χ0v) is 15.7. The molecule has 24 heavy (non-hydrogen) atoms. The van der Waals surface area contributed by atoms with E-state index in [1.54, 1.807) is 0 Å². The number of ketones is 1. The lowest BCUT2D eigenvalue weighted by Gasteiger charge is -2.36. The number of aromatic amines is 1. The summed E-state index contributed by atoms with van der Waals surface area (Å²) in [6, 6.07) is 0. The molecule has 2 N–H and O–H groups in total. The van der Waals surface area contributed by atoms with Crippen LogP contribution in [0.5, 0.6) is 0 Å². The molecule has 7 heteroatoms. The Morgan fingerprint density at radius 1 is 1.33 bits per heavy atom. The number of H-pyrrole nitrogens is 1. The molecule has 0 aromatic carbocycles. The first-order chi connectivity index (χ1) is 11.1. The summed E-state index contributed by atoms with van der Waals surface area (Å²) in [5, 5.41) is 7.03. The molecule has 2 saturated carbocycles. The molecule has 0 aliphatic heterocycles. The van der Waals surface area contributed by atoms with Gasteiger partial charge >= 0.3 is 0 Å². The number of aryl methyl sites for hydroxylation is 2. The molecule has 0 saturated heterocycles. The summed E-state index contributed by atoms with van der Waals surface area (Å²) in [6.07, 6.45) is 2.79. The summed E-state index contributed by atoms with van der Waals surface area (Å²) >= 11 is 0. The summed E-state index contributed by atoms with van der Waals surface area (Å²) in [4.78, 5) is 12.5. The zero-order valence-electron chi connectivity index (χ0n) is 14.9.